The van der Waals surface area contributed by atoms with E-state index in [9.17, 15) is 13.2 Å². The second-order valence-corrected chi connectivity index (χ2v) is 9.62. The van der Waals surface area contributed by atoms with E-state index in [1.165, 1.54) is 68.5 Å². The van der Waals surface area contributed by atoms with Crippen molar-refractivity contribution < 1.29 is 31.4 Å². The molecule has 7 heteroatoms. The highest BCUT2D eigenvalue weighted by Crippen LogP contribution is 2.41. The summed E-state index contributed by atoms with van der Waals surface area (Å²) in [6.07, 6.45) is 4.61. The molecule has 0 spiro atoms. The van der Waals surface area contributed by atoms with Gasteiger partial charge in [-0.05, 0) is 79.0 Å². The predicted molar refractivity (Wildman–Crippen MR) is 134 cm³/mol. The molecule has 2 nitrogen and oxygen atoms in total. The van der Waals surface area contributed by atoms with E-state index >= 15 is 8.78 Å². The third-order valence-corrected chi connectivity index (χ3v) is 7.11. The van der Waals surface area contributed by atoms with Crippen molar-refractivity contribution in [2.75, 3.05) is 0 Å². The molecule has 0 unspecified atom stereocenters. The molecule has 0 saturated heterocycles. The Morgan fingerprint density at radius 1 is 0.892 bits per heavy atom. The van der Waals surface area contributed by atoms with Gasteiger partial charge in [-0.1, -0.05) is 62.6 Å². The summed E-state index contributed by atoms with van der Waals surface area (Å²) in [7, 11) is 0. The van der Waals surface area contributed by atoms with E-state index in [-0.39, 0.29) is 22.4 Å². The van der Waals surface area contributed by atoms with Crippen LogP contribution in [0.2, 0.25) is 0 Å². The number of ether oxygens (including phenoxy) is 2. The maximum absolute atomic E-state index is 15.2. The van der Waals surface area contributed by atoms with Crippen molar-refractivity contribution in [1.29, 1.82) is 0 Å². The van der Waals surface area contributed by atoms with Crippen LogP contribution in [0.1, 0.15) is 68.9 Å². The molecule has 1 fully saturated rings. The van der Waals surface area contributed by atoms with Gasteiger partial charge >= 0.3 is 12.7 Å². The molecule has 1 aliphatic rings. The van der Waals surface area contributed by atoms with Crippen LogP contribution in [0.4, 0.5) is 22.0 Å². The van der Waals surface area contributed by atoms with Crippen LogP contribution in [0.3, 0.4) is 0 Å². The summed E-state index contributed by atoms with van der Waals surface area (Å²) in [5.74, 6) is -0.667. The van der Waals surface area contributed by atoms with E-state index in [0.29, 0.717) is 5.92 Å². The van der Waals surface area contributed by atoms with Crippen LogP contribution in [0.15, 0.2) is 66.7 Å². The lowest BCUT2D eigenvalue weighted by atomic mass is 9.77. The Labute approximate surface area is 214 Å². The largest absolute Gasteiger partial charge is 0.432 e. The fraction of sp³-hybridized carbons (Fsp3) is 0.400. The third kappa shape index (κ3) is 6.82. The normalized spacial score (nSPS) is 18.1. The zero-order valence-electron chi connectivity index (χ0n) is 20.7. The van der Waals surface area contributed by atoms with Gasteiger partial charge in [0.2, 0.25) is 0 Å². The molecule has 198 valence electrons. The van der Waals surface area contributed by atoms with E-state index in [1.54, 1.807) is 18.2 Å². The second kappa shape index (κ2) is 12.0. The summed E-state index contributed by atoms with van der Waals surface area (Å²) in [5, 5.41) is 0. The lowest BCUT2D eigenvalue weighted by Gasteiger charge is -2.29. The van der Waals surface area contributed by atoms with Crippen LogP contribution in [0.25, 0.3) is 11.1 Å². The standard InChI is InChI=1S/C30H31F5O2/c1-2-3-6-20-9-11-21(12-10-20)22-13-16-24(17-14-22)30(34,35)37-27-8-5-4-7-25(27)23-15-18-28(26(31)19-23)36-29(32)33/h4-5,7-8,13-21,29H,2-3,6,9-12H2,1H3/t20-,21-. The Kier molecular flexibility index (Phi) is 8.72. The van der Waals surface area contributed by atoms with E-state index in [4.69, 9.17) is 4.74 Å². The highest BCUT2D eigenvalue weighted by atomic mass is 19.3. The van der Waals surface area contributed by atoms with Crippen LogP contribution in [-0.2, 0) is 6.11 Å². The van der Waals surface area contributed by atoms with Gasteiger partial charge in [-0.2, -0.15) is 17.6 Å². The number of rotatable bonds is 10. The highest BCUT2D eigenvalue weighted by molar-refractivity contribution is 5.71. The first-order valence-corrected chi connectivity index (χ1v) is 12.8. The maximum Gasteiger partial charge on any atom is 0.426 e. The topological polar surface area (TPSA) is 18.5 Å². The minimum atomic E-state index is -3.64. The quantitative estimate of drug-likeness (QED) is 0.249. The molecule has 37 heavy (non-hydrogen) atoms. The molecule has 3 aromatic carbocycles. The van der Waals surface area contributed by atoms with Gasteiger partial charge in [0.1, 0.15) is 5.75 Å². The van der Waals surface area contributed by atoms with Gasteiger partial charge in [0.05, 0.1) is 5.56 Å². The number of unbranched alkanes of at least 4 members (excludes halogenated alkanes) is 1. The molecule has 0 heterocycles. The fourth-order valence-electron chi connectivity index (χ4n) is 5.08. The van der Waals surface area contributed by atoms with Crippen LogP contribution in [-0.4, -0.2) is 6.61 Å². The molecule has 0 atom stereocenters. The Morgan fingerprint density at radius 2 is 1.59 bits per heavy atom. The van der Waals surface area contributed by atoms with Crippen molar-refractivity contribution in [3.05, 3.63) is 83.7 Å². The monoisotopic (exact) mass is 518 g/mol. The number of benzene rings is 3. The van der Waals surface area contributed by atoms with Crippen LogP contribution < -0.4 is 9.47 Å². The summed E-state index contributed by atoms with van der Waals surface area (Å²) in [6.45, 7) is -0.974. The molecule has 0 bridgehead atoms. The smallest absolute Gasteiger partial charge is 0.426 e. The number of halogens is 5. The molecular formula is C30H31F5O2. The zero-order chi connectivity index (χ0) is 26.4. The van der Waals surface area contributed by atoms with Crippen molar-refractivity contribution in [2.45, 2.75) is 70.5 Å². The van der Waals surface area contributed by atoms with Crippen molar-refractivity contribution >= 4 is 0 Å². The third-order valence-electron chi connectivity index (χ3n) is 7.11. The first-order valence-electron chi connectivity index (χ1n) is 12.8. The summed E-state index contributed by atoms with van der Waals surface area (Å²) in [6, 6.07) is 15.6. The van der Waals surface area contributed by atoms with E-state index < -0.39 is 24.3 Å². The van der Waals surface area contributed by atoms with E-state index in [2.05, 4.69) is 11.7 Å². The van der Waals surface area contributed by atoms with E-state index in [0.717, 1.165) is 36.5 Å². The molecule has 0 amide bonds. The van der Waals surface area contributed by atoms with Crippen LogP contribution in [0.5, 0.6) is 11.5 Å². The Balaban J connectivity index is 1.47. The number of para-hydroxylation sites is 1. The second-order valence-electron chi connectivity index (χ2n) is 9.62. The highest BCUT2D eigenvalue weighted by Gasteiger charge is 2.35. The molecular weight excluding hydrogens is 487 g/mol. The van der Waals surface area contributed by atoms with Gasteiger partial charge in [-0.15, -0.1) is 0 Å². The SMILES string of the molecule is CCCC[C@H]1CC[C@H](c2ccc(C(F)(F)Oc3ccccc3-c3ccc(OC(F)F)c(F)c3)cc2)CC1. The minimum Gasteiger partial charge on any atom is -0.432 e. The lowest BCUT2D eigenvalue weighted by molar-refractivity contribution is -0.185. The van der Waals surface area contributed by atoms with Gasteiger partial charge in [0.15, 0.2) is 11.6 Å². The summed E-state index contributed by atoms with van der Waals surface area (Å²) < 4.78 is 78.7. The number of hydrogen-bond acceptors (Lipinski definition) is 2. The first-order chi connectivity index (χ1) is 17.8. The summed E-state index contributed by atoms with van der Waals surface area (Å²) >= 11 is 0. The molecule has 1 aliphatic carbocycles. The average molecular weight is 519 g/mol. The van der Waals surface area contributed by atoms with Crippen molar-refractivity contribution in [3.8, 4) is 22.6 Å². The first kappa shape index (κ1) is 27.0. The van der Waals surface area contributed by atoms with Gasteiger partial charge < -0.3 is 9.47 Å². The number of hydrogen-bond donors (Lipinski definition) is 0. The average Bonchev–Trinajstić information content (AvgIpc) is 2.89. The Morgan fingerprint density at radius 3 is 2.24 bits per heavy atom. The molecule has 0 aliphatic heterocycles. The van der Waals surface area contributed by atoms with Gasteiger partial charge in [-0.3, -0.25) is 0 Å². The summed E-state index contributed by atoms with van der Waals surface area (Å²) in [5.41, 5.74) is 1.17. The van der Waals surface area contributed by atoms with E-state index in [1.807, 2.05) is 0 Å². The van der Waals surface area contributed by atoms with Gasteiger partial charge in [0.25, 0.3) is 0 Å². The predicted octanol–water partition coefficient (Wildman–Crippen LogP) is 9.69. The number of alkyl halides is 4. The maximum atomic E-state index is 15.2. The van der Waals surface area contributed by atoms with Crippen molar-refractivity contribution in [1.82, 2.24) is 0 Å². The molecule has 0 aromatic heterocycles. The zero-order valence-corrected chi connectivity index (χ0v) is 20.7. The van der Waals surface area contributed by atoms with Crippen molar-refractivity contribution in [2.24, 2.45) is 5.92 Å². The van der Waals surface area contributed by atoms with Crippen molar-refractivity contribution in [3.63, 3.8) is 0 Å². The van der Waals surface area contributed by atoms with Crippen LogP contribution >= 0.6 is 0 Å². The Hall–Kier alpha value is -3.09. The fourth-order valence-corrected chi connectivity index (χ4v) is 5.08. The molecule has 0 radical (unpaired) electrons. The minimum absolute atomic E-state index is 0.163. The summed E-state index contributed by atoms with van der Waals surface area (Å²) in [4.78, 5) is 0. The molecule has 3 aromatic rings. The van der Waals surface area contributed by atoms with Gasteiger partial charge in [0, 0.05) is 5.56 Å². The molecule has 4 rings (SSSR count). The molecule has 1 saturated carbocycles. The molecule has 0 N–H and O–H groups in total. The Bertz CT molecular complexity index is 1150. The van der Waals surface area contributed by atoms with Crippen LogP contribution in [0, 0.1) is 11.7 Å². The van der Waals surface area contributed by atoms with Gasteiger partial charge in [-0.25, -0.2) is 4.39 Å². The lowest BCUT2D eigenvalue weighted by Crippen LogP contribution is -2.22.